The fourth-order valence-corrected chi connectivity index (χ4v) is 2.43. The van der Waals surface area contributed by atoms with Crippen molar-refractivity contribution in [2.24, 2.45) is 0 Å². The third-order valence-electron chi connectivity index (χ3n) is 3.89. The third-order valence-corrected chi connectivity index (χ3v) is 3.89. The van der Waals surface area contributed by atoms with Crippen LogP contribution < -0.4 is 4.74 Å². The number of hydrogen-bond acceptors (Lipinski definition) is 5. The van der Waals surface area contributed by atoms with Crippen molar-refractivity contribution in [2.45, 2.75) is 13.0 Å². The van der Waals surface area contributed by atoms with Crippen LogP contribution in [0.5, 0.6) is 5.75 Å². The van der Waals surface area contributed by atoms with Gasteiger partial charge >= 0.3 is 0 Å². The summed E-state index contributed by atoms with van der Waals surface area (Å²) in [5.74, 6) is 0.760. The number of amides is 1. The molecular formula is C19H18FN3O3. The van der Waals surface area contributed by atoms with Crippen LogP contribution in [-0.4, -0.2) is 35.1 Å². The normalized spacial score (nSPS) is 10.6. The van der Waals surface area contributed by atoms with Crippen molar-refractivity contribution in [3.8, 4) is 17.1 Å². The van der Waals surface area contributed by atoms with Crippen LogP contribution in [0, 0.1) is 5.82 Å². The van der Waals surface area contributed by atoms with E-state index in [1.54, 1.807) is 38.4 Å². The highest BCUT2D eigenvalue weighted by Crippen LogP contribution is 2.21. The highest BCUT2D eigenvalue weighted by molar-refractivity contribution is 5.78. The molecule has 3 rings (SSSR count). The fourth-order valence-electron chi connectivity index (χ4n) is 2.43. The Morgan fingerprint density at radius 2 is 2.04 bits per heavy atom. The highest BCUT2D eigenvalue weighted by atomic mass is 19.1. The van der Waals surface area contributed by atoms with Gasteiger partial charge in [0.25, 0.3) is 0 Å². The van der Waals surface area contributed by atoms with Crippen LogP contribution in [0.3, 0.4) is 0 Å². The molecule has 0 aliphatic rings. The quantitative estimate of drug-likeness (QED) is 0.680. The minimum atomic E-state index is -0.396. The molecule has 134 valence electrons. The molecule has 0 fully saturated rings. The zero-order chi connectivity index (χ0) is 18.5. The Kier molecular flexibility index (Phi) is 5.26. The number of rotatable bonds is 6. The summed E-state index contributed by atoms with van der Waals surface area (Å²) >= 11 is 0. The Balaban J connectivity index is 1.66. The third kappa shape index (κ3) is 4.05. The lowest BCUT2D eigenvalue weighted by atomic mass is 10.1. The van der Waals surface area contributed by atoms with E-state index in [0.29, 0.717) is 23.0 Å². The van der Waals surface area contributed by atoms with E-state index in [4.69, 9.17) is 9.26 Å². The van der Waals surface area contributed by atoms with Crippen LogP contribution in [0.2, 0.25) is 0 Å². The molecule has 1 heterocycles. The predicted molar refractivity (Wildman–Crippen MR) is 92.9 cm³/mol. The number of likely N-dealkylation sites (N-methyl/N-ethyl adjacent to an activating group) is 1. The molecule has 0 spiro atoms. The number of carbonyl (C=O) groups is 1. The second-order valence-corrected chi connectivity index (χ2v) is 5.76. The largest absolute Gasteiger partial charge is 0.497 e. The molecule has 26 heavy (non-hydrogen) atoms. The molecule has 7 heteroatoms. The van der Waals surface area contributed by atoms with Gasteiger partial charge in [0.05, 0.1) is 20.1 Å². The number of hydrogen-bond donors (Lipinski definition) is 0. The van der Waals surface area contributed by atoms with Gasteiger partial charge in [0, 0.05) is 12.6 Å². The van der Waals surface area contributed by atoms with Crippen molar-refractivity contribution >= 4 is 5.91 Å². The van der Waals surface area contributed by atoms with Gasteiger partial charge in [0.1, 0.15) is 11.6 Å². The van der Waals surface area contributed by atoms with Crippen LogP contribution in [-0.2, 0) is 17.8 Å². The van der Waals surface area contributed by atoms with E-state index < -0.39 is 5.82 Å². The average molecular weight is 355 g/mol. The van der Waals surface area contributed by atoms with E-state index in [2.05, 4.69) is 10.1 Å². The summed E-state index contributed by atoms with van der Waals surface area (Å²) in [6.07, 6.45) is -0.0277. The van der Waals surface area contributed by atoms with Crippen molar-refractivity contribution in [2.75, 3.05) is 14.2 Å². The summed E-state index contributed by atoms with van der Waals surface area (Å²) in [6, 6.07) is 13.5. The zero-order valence-corrected chi connectivity index (χ0v) is 14.5. The summed E-state index contributed by atoms with van der Waals surface area (Å²) in [4.78, 5) is 18.0. The monoisotopic (exact) mass is 355 g/mol. The van der Waals surface area contributed by atoms with Crippen LogP contribution in [0.1, 0.15) is 11.5 Å². The van der Waals surface area contributed by atoms with Gasteiger partial charge in [0.2, 0.25) is 17.6 Å². The number of ether oxygens (including phenoxy) is 1. The number of halogens is 1. The minimum Gasteiger partial charge on any atom is -0.497 e. The molecule has 0 unspecified atom stereocenters. The molecule has 0 aliphatic carbocycles. The van der Waals surface area contributed by atoms with Gasteiger partial charge in [-0.25, -0.2) is 4.39 Å². The first-order valence-electron chi connectivity index (χ1n) is 8.01. The summed E-state index contributed by atoms with van der Waals surface area (Å²) in [6.45, 7) is 0.143. The lowest BCUT2D eigenvalue weighted by molar-refractivity contribution is -0.130. The van der Waals surface area contributed by atoms with Crippen molar-refractivity contribution in [3.63, 3.8) is 0 Å². The number of benzene rings is 2. The fraction of sp³-hybridized carbons (Fsp3) is 0.211. The minimum absolute atomic E-state index is 0.0277. The van der Waals surface area contributed by atoms with E-state index in [0.717, 1.165) is 5.56 Å². The van der Waals surface area contributed by atoms with Gasteiger partial charge in [-0.05, 0) is 23.8 Å². The van der Waals surface area contributed by atoms with E-state index in [9.17, 15) is 9.18 Å². The molecule has 0 bridgehead atoms. The smallest absolute Gasteiger partial charge is 0.246 e. The Hall–Kier alpha value is -3.22. The number of aromatic nitrogens is 2. The van der Waals surface area contributed by atoms with Crippen molar-refractivity contribution < 1.29 is 18.4 Å². The van der Waals surface area contributed by atoms with Gasteiger partial charge in [-0.1, -0.05) is 35.5 Å². The Labute approximate surface area is 150 Å². The van der Waals surface area contributed by atoms with Gasteiger partial charge in [-0.3, -0.25) is 4.79 Å². The molecule has 0 saturated heterocycles. The van der Waals surface area contributed by atoms with Gasteiger partial charge in [-0.15, -0.1) is 0 Å². The number of carbonyl (C=O) groups excluding carboxylic acids is 1. The molecule has 1 amide bonds. The molecule has 0 atom stereocenters. The molecule has 0 aliphatic heterocycles. The lowest BCUT2D eigenvalue weighted by Gasteiger charge is -2.14. The second kappa shape index (κ2) is 7.77. The average Bonchev–Trinajstić information content (AvgIpc) is 3.12. The summed E-state index contributed by atoms with van der Waals surface area (Å²) < 4.78 is 24.1. The first-order chi connectivity index (χ1) is 12.6. The molecule has 2 aromatic carbocycles. The van der Waals surface area contributed by atoms with Gasteiger partial charge < -0.3 is 14.2 Å². The Morgan fingerprint density at radius 3 is 2.81 bits per heavy atom. The molecule has 6 nitrogen and oxygen atoms in total. The maximum Gasteiger partial charge on any atom is 0.246 e. The molecule has 0 radical (unpaired) electrons. The first-order valence-corrected chi connectivity index (χ1v) is 8.01. The first kappa shape index (κ1) is 17.6. The lowest BCUT2D eigenvalue weighted by Crippen LogP contribution is -2.28. The standard InChI is InChI=1S/C19H18FN3O3/c1-23(18(24)11-13-6-3-4-9-16(13)20)12-17-21-19(22-26-17)14-7-5-8-15(10-14)25-2/h3-10H,11-12H2,1-2H3. The number of nitrogens with zero attached hydrogens (tertiary/aromatic N) is 3. The molecule has 3 aromatic rings. The summed E-state index contributed by atoms with van der Waals surface area (Å²) in [5, 5.41) is 3.93. The highest BCUT2D eigenvalue weighted by Gasteiger charge is 2.16. The maximum atomic E-state index is 13.7. The molecule has 1 aromatic heterocycles. The topological polar surface area (TPSA) is 68.5 Å². The second-order valence-electron chi connectivity index (χ2n) is 5.76. The van der Waals surface area contributed by atoms with Crippen LogP contribution >= 0.6 is 0 Å². The molecular weight excluding hydrogens is 337 g/mol. The molecule has 0 N–H and O–H groups in total. The van der Waals surface area contributed by atoms with E-state index in [-0.39, 0.29) is 18.9 Å². The van der Waals surface area contributed by atoms with Crippen LogP contribution in [0.15, 0.2) is 53.1 Å². The van der Waals surface area contributed by atoms with Crippen LogP contribution in [0.4, 0.5) is 4.39 Å². The number of methoxy groups -OCH3 is 1. The maximum absolute atomic E-state index is 13.7. The SMILES string of the molecule is COc1cccc(-c2noc(CN(C)C(=O)Cc3ccccc3F)n2)c1. The van der Waals surface area contributed by atoms with Crippen molar-refractivity contribution in [3.05, 3.63) is 65.8 Å². The Bertz CT molecular complexity index is 910. The Morgan fingerprint density at radius 1 is 1.23 bits per heavy atom. The van der Waals surface area contributed by atoms with E-state index in [1.165, 1.54) is 11.0 Å². The molecule has 0 saturated carbocycles. The predicted octanol–water partition coefficient (Wildman–Crippen LogP) is 3.09. The van der Waals surface area contributed by atoms with E-state index in [1.807, 2.05) is 18.2 Å². The van der Waals surface area contributed by atoms with Crippen molar-refractivity contribution in [1.29, 1.82) is 0 Å². The van der Waals surface area contributed by atoms with E-state index >= 15 is 0 Å². The summed E-state index contributed by atoms with van der Waals surface area (Å²) in [5.41, 5.74) is 1.10. The van der Waals surface area contributed by atoms with Crippen molar-refractivity contribution in [1.82, 2.24) is 15.0 Å². The van der Waals surface area contributed by atoms with Gasteiger partial charge in [-0.2, -0.15) is 4.98 Å². The van der Waals surface area contributed by atoms with Crippen LogP contribution in [0.25, 0.3) is 11.4 Å². The summed E-state index contributed by atoms with van der Waals surface area (Å²) in [7, 11) is 3.19. The van der Waals surface area contributed by atoms with Gasteiger partial charge in [0.15, 0.2) is 0 Å². The zero-order valence-electron chi connectivity index (χ0n) is 14.5.